The summed E-state index contributed by atoms with van der Waals surface area (Å²) in [6.45, 7) is 0. The van der Waals surface area contributed by atoms with Crippen LogP contribution in [0.3, 0.4) is 0 Å². The topological polar surface area (TPSA) is 112 Å². The predicted molar refractivity (Wildman–Crippen MR) is 94.0 cm³/mol. The molecule has 0 radical (unpaired) electrons. The van der Waals surface area contributed by atoms with Gasteiger partial charge in [0.25, 0.3) is 5.69 Å². The van der Waals surface area contributed by atoms with E-state index in [0.29, 0.717) is 0 Å². The van der Waals surface area contributed by atoms with Crippen molar-refractivity contribution in [2.75, 3.05) is 7.11 Å². The van der Waals surface area contributed by atoms with Crippen molar-refractivity contribution in [3.63, 3.8) is 0 Å². The van der Waals surface area contributed by atoms with E-state index in [0.717, 1.165) is 0 Å². The fraction of sp³-hybridized carbons (Fsp3) is 0.0526. The maximum atomic E-state index is 13.1. The van der Waals surface area contributed by atoms with Gasteiger partial charge in [-0.3, -0.25) is 29.7 Å². The van der Waals surface area contributed by atoms with Crippen LogP contribution in [0.2, 0.25) is 0 Å². The molecule has 2 heterocycles. The van der Waals surface area contributed by atoms with Crippen LogP contribution < -0.4 is 4.74 Å². The molecule has 0 unspecified atom stereocenters. The van der Waals surface area contributed by atoms with E-state index < -0.39 is 16.5 Å². The molecule has 1 aromatic carbocycles. The highest BCUT2D eigenvalue weighted by Gasteiger charge is 2.37. The number of hydrogen-bond acceptors (Lipinski definition) is 7. The minimum atomic E-state index is -0.535. The zero-order chi connectivity index (χ0) is 19.1. The van der Waals surface area contributed by atoms with Crippen LogP contribution in [0.1, 0.15) is 32.1 Å². The smallest absolute Gasteiger partial charge is 0.277 e. The Kier molecular flexibility index (Phi) is 3.73. The Bertz CT molecular complexity index is 1140. The molecule has 0 spiro atoms. The Hall–Kier alpha value is -3.94. The number of ether oxygens (including phenoxy) is 1. The molecule has 1 aliphatic rings. The van der Waals surface area contributed by atoms with E-state index in [9.17, 15) is 19.7 Å². The number of ketones is 2. The molecule has 8 heteroatoms. The second-order valence-electron chi connectivity index (χ2n) is 5.75. The minimum Gasteiger partial charge on any atom is -0.496 e. The molecule has 27 heavy (non-hydrogen) atoms. The zero-order valence-corrected chi connectivity index (χ0v) is 14.0. The molecular formula is C19H11N3O5. The average Bonchev–Trinajstić information content (AvgIpc) is 2.70. The summed E-state index contributed by atoms with van der Waals surface area (Å²) in [5.41, 5.74) is 0.244. The van der Waals surface area contributed by atoms with Crippen molar-refractivity contribution < 1.29 is 19.2 Å². The number of carbonyl (C=O) groups excluding carboxylic acids is 2. The first-order valence-electron chi connectivity index (χ1n) is 7.89. The number of nitrogens with zero attached hydrogens (tertiary/aromatic N) is 3. The van der Waals surface area contributed by atoms with E-state index >= 15 is 0 Å². The molecule has 0 atom stereocenters. The summed E-state index contributed by atoms with van der Waals surface area (Å²) in [7, 11) is 1.39. The van der Waals surface area contributed by atoms with Crippen LogP contribution in [-0.2, 0) is 0 Å². The quantitative estimate of drug-likeness (QED) is 0.407. The van der Waals surface area contributed by atoms with Crippen LogP contribution in [0.4, 0.5) is 5.69 Å². The number of carbonyl (C=O) groups is 2. The van der Waals surface area contributed by atoms with Crippen molar-refractivity contribution >= 4 is 17.3 Å². The van der Waals surface area contributed by atoms with Gasteiger partial charge < -0.3 is 4.74 Å². The summed E-state index contributed by atoms with van der Waals surface area (Å²) in [6, 6.07) is 8.99. The summed E-state index contributed by atoms with van der Waals surface area (Å²) < 4.78 is 5.18. The Morgan fingerprint density at radius 2 is 1.52 bits per heavy atom. The lowest BCUT2D eigenvalue weighted by Crippen LogP contribution is -2.25. The predicted octanol–water partition coefficient (Wildman–Crippen LogP) is 2.84. The summed E-state index contributed by atoms with van der Waals surface area (Å²) in [5, 5.41) is 11.4. The number of nitro groups is 1. The molecule has 132 valence electrons. The highest BCUT2D eigenvalue weighted by atomic mass is 16.6. The highest BCUT2D eigenvalue weighted by Crippen LogP contribution is 2.38. The van der Waals surface area contributed by atoms with Crippen LogP contribution in [0, 0.1) is 10.1 Å². The maximum Gasteiger partial charge on any atom is 0.277 e. The van der Waals surface area contributed by atoms with Crippen LogP contribution in [0.5, 0.6) is 5.75 Å². The zero-order valence-electron chi connectivity index (χ0n) is 14.0. The number of fused-ring (bicyclic) bond motifs is 2. The van der Waals surface area contributed by atoms with Gasteiger partial charge >= 0.3 is 0 Å². The van der Waals surface area contributed by atoms with Crippen molar-refractivity contribution in [3.8, 4) is 16.9 Å². The number of benzene rings is 1. The number of methoxy groups -OCH3 is 1. The fourth-order valence-electron chi connectivity index (χ4n) is 3.19. The van der Waals surface area contributed by atoms with E-state index in [1.807, 2.05) is 0 Å². The van der Waals surface area contributed by atoms with Crippen LogP contribution >= 0.6 is 0 Å². The minimum absolute atomic E-state index is 0.00468. The van der Waals surface area contributed by atoms with Crippen molar-refractivity contribution in [1.29, 1.82) is 0 Å². The summed E-state index contributed by atoms with van der Waals surface area (Å²) in [4.78, 5) is 45.0. The molecule has 8 nitrogen and oxygen atoms in total. The molecule has 0 saturated heterocycles. The third kappa shape index (κ3) is 2.38. The number of rotatable bonds is 3. The van der Waals surface area contributed by atoms with Gasteiger partial charge in [0.1, 0.15) is 17.1 Å². The first kappa shape index (κ1) is 16.5. The van der Waals surface area contributed by atoms with Gasteiger partial charge in [0, 0.05) is 24.0 Å². The molecule has 4 rings (SSSR count). The van der Waals surface area contributed by atoms with Crippen molar-refractivity contribution in [2.45, 2.75) is 0 Å². The molecule has 0 aliphatic heterocycles. The first-order chi connectivity index (χ1) is 13.0. The molecular weight excluding hydrogens is 350 g/mol. The number of pyridine rings is 2. The molecule has 0 saturated carbocycles. The maximum absolute atomic E-state index is 13.1. The van der Waals surface area contributed by atoms with E-state index in [2.05, 4.69) is 9.97 Å². The summed E-state index contributed by atoms with van der Waals surface area (Å²) in [6.07, 6.45) is 2.72. The van der Waals surface area contributed by atoms with Gasteiger partial charge in [-0.05, 0) is 18.2 Å². The van der Waals surface area contributed by atoms with Gasteiger partial charge in [0.05, 0.1) is 28.7 Å². The lowest BCUT2D eigenvalue weighted by molar-refractivity contribution is -0.384. The molecule has 1 aliphatic carbocycles. The number of para-hydroxylation sites is 1. The average molecular weight is 361 g/mol. The molecule has 0 bridgehead atoms. The fourth-order valence-corrected chi connectivity index (χ4v) is 3.19. The second-order valence-corrected chi connectivity index (χ2v) is 5.75. The molecule has 3 aromatic rings. The van der Waals surface area contributed by atoms with Crippen LogP contribution in [-0.4, -0.2) is 33.6 Å². The third-order valence-electron chi connectivity index (χ3n) is 4.36. The van der Waals surface area contributed by atoms with E-state index in [4.69, 9.17) is 4.74 Å². The number of nitro benzene ring substituents is 1. The highest BCUT2D eigenvalue weighted by molar-refractivity contribution is 6.29. The standard InChI is InChI=1S/C19H11N3O5/c1-27-13-7-9-21-17-15(13)19(24)16-14(18(17)23)11(6-8-20-16)10-4-2-3-5-12(10)22(25)26/h2-9H,1H3. The van der Waals surface area contributed by atoms with Crippen molar-refractivity contribution in [3.05, 3.63) is 81.4 Å². The van der Waals surface area contributed by atoms with Gasteiger partial charge in [-0.2, -0.15) is 0 Å². The van der Waals surface area contributed by atoms with E-state index in [1.54, 1.807) is 6.07 Å². The number of hydrogen-bond donors (Lipinski definition) is 0. The van der Waals surface area contributed by atoms with Gasteiger partial charge in [0.2, 0.25) is 11.6 Å². The second kappa shape index (κ2) is 6.10. The Morgan fingerprint density at radius 1 is 0.889 bits per heavy atom. The van der Waals surface area contributed by atoms with Gasteiger partial charge in [0.15, 0.2) is 0 Å². The lowest BCUT2D eigenvalue weighted by Gasteiger charge is -2.20. The van der Waals surface area contributed by atoms with Crippen LogP contribution in [0.25, 0.3) is 11.1 Å². The Morgan fingerprint density at radius 3 is 2.22 bits per heavy atom. The Balaban J connectivity index is 2.02. The van der Waals surface area contributed by atoms with Gasteiger partial charge in [-0.1, -0.05) is 12.1 Å². The SMILES string of the molecule is COc1ccnc2c1C(=O)c1nccc(-c3ccccc3[N+](=O)[O-])c1C2=O. The number of aromatic nitrogens is 2. The van der Waals surface area contributed by atoms with Crippen molar-refractivity contribution in [2.24, 2.45) is 0 Å². The normalized spacial score (nSPS) is 12.3. The molecule has 2 aromatic heterocycles. The van der Waals surface area contributed by atoms with Crippen molar-refractivity contribution in [1.82, 2.24) is 9.97 Å². The van der Waals surface area contributed by atoms with E-state index in [-0.39, 0.29) is 45.1 Å². The van der Waals surface area contributed by atoms with Gasteiger partial charge in [-0.25, -0.2) is 0 Å². The molecule has 0 amide bonds. The molecule has 0 N–H and O–H groups in total. The monoisotopic (exact) mass is 361 g/mol. The van der Waals surface area contributed by atoms with Gasteiger partial charge in [-0.15, -0.1) is 0 Å². The third-order valence-corrected chi connectivity index (χ3v) is 4.36. The Labute approximate surface area is 152 Å². The summed E-state index contributed by atoms with van der Waals surface area (Å²) in [5.74, 6) is -0.813. The van der Waals surface area contributed by atoms with Crippen LogP contribution in [0.15, 0.2) is 48.8 Å². The van der Waals surface area contributed by atoms with E-state index in [1.165, 1.54) is 49.8 Å². The largest absolute Gasteiger partial charge is 0.496 e. The molecule has 0 fully saturated rings. The lowest BCUT2D eigenvalue weighted by atomic mass is 9.85. The summed E-state index contributed by atoms with van der Waals surface area (Å²) >= 11 is 0. The first-order valence-corrected chi connectivity index (χ1v) is 7.89.